The third-order valence-electron chi connectivity index (χ3n) is 3.81. The zero-order valence-electron chi connectivity index (χ0n) is 17.6. The minimum atomic E-state index is -5.10. The maximum Gasteiger partial charge on any atom is 0.451 e. The zero-order chi connectivity index (χ0) is 23.4. The van der Waals surface area contributed by atoms with Crippen LogP contribution in [0.3, 0.4) is 0 Å². The molecule has 1 aromatic heterocycles. The summed E-state index contributed by atoms with van der Waals surface area (Å²) in [6, 6.07) is 1.56. The van der Waals surface area contributed by atoms with Crippen LogP contribution in [0.2, 0.25) is 0 Å². The highest BCUT2D eigenvalue weighted by Crippen LogP contribution is 2.29. The SMILES string of the molecule is [2H]C1([2H])N(C(=O)C[C@H](N)Cc2cc(F)ccc2F)Cc2nnc(C(F)(F)F)n2C1([2H])[2H]. The summed E-state index contributed by atoms with van der Waals surface area (Å²) in [5, 5.41) is 6.16. The van der Waals surface area contributed by atoms with Crippen LogP contribution in [-0.2, 0) is 30.4 Å². The Bertz CT molecular complexity index is 1010. The molecule has 0 fully saturated rings. The fourth-order valence-corrected chi connectivity index (χ4v) is 2.55. The van der Waals surface area contributed by atoms with E-state index in [-0.39, 0.29) is 16.6 Å². The first-order valence-corrected chi connectivity index (χ1v) is 7.68. The van der Waals surface area contributed by atoms with E-state index in [0.29, 0.717) is 4.90 Å². The van der Waals surface area contributed by atoms with Crippen LogP contribution < -0.4 is 5.73 Å². The van der Waals surface area contributed by atoms with Gasteiger partial charge in [0.25, 0.3) is 0 Å². The van der Waals surface area contributed by atoms with Crippen LogP contribution in [0.4, 0.5) is 22.0 Å². The fourth-order valence-electron chi connectivity index (χ4n) is 2.55. The van der Waals surface area contributed by atoms with Gasteiger partial charge >= 0.3 is 6.18 Å². The molecule has 1 aliphatic heterocycles. The van der Waals surface area contributed by atoms with E-state index in [0.717, 1.165) is 18.2 Å². The Morgan fingerprint density at radius 3 is 2.74 bits per heavy atom. The molecule has 3 rings (SSSR count). The molecule has 2 aromatic rings. The summed E-state index contributed by atoms with van der Waals surface area (Å²) in [6.07, 6.45) is -5.99. The van der Waals surface area contributed by atoms with Gasteiger partial charge in [0.1, 0.15) is 11.6 Å². The second-order valence-corrected chi connectivity index (χ2v) is 5.88. The predicted molar refractivity (Wildman–Crippen MR) is 83.1 cm³/mol. The molecule has 0 saturated carbocycles. The van der Waals surface area contributed by atoms with Crippen LogP contribution in [0.1, 0.15) is 29.1 Å². The molecule has 0 radical (unpaired) electrons. The van der Waals surface area contributed by atoms with Gasteiger partial charge < -0.3 is 15.2 Å². The lowest BCUT2D eigenvalue weighted by Gasteiger charge is -2.29. The van der Waals surface area contributed by atoms with E-state index in [1.165, 1.54) is 0 Å². The standard InChI is InChI=1S/C16H16F5N5O/c17-10-1-2-12(18)9(5-10)6-11(22)7-14(27)25-3-4-26-13(8-25)23-24-15(26)16(19,20)21/h1-2,5,11H,3-4,6-8,22H2/t11-/m1/s1/i3D2,4D2. The van der Waals surface area contributed by atoms with Gasteiger partial charge in [-0.1, -0.05) is 0 Å². The van der Waals surface area contributed by atoms with Crippen molar-refractivity contribution in [1.29, 1.82) is 0 Å². The van der Waals surface area contributed by atoms with Gasteiger partial charge in [0, 0.05) is 25.5 Å². The van der Waals surface area contributed by atoms with Crippen molar-refractivity contribution in [2.24, 2.45) is 5.73 Å². The molecule has 2 N–H and O–H groups in total. The first kappa shape index (κ1) is 14.5. The molecule has 1 amide bonds. The van der Waals surface area contributed by atoms with Gasteiger partial charge in [-0.15, -0.1) is 10.2 Å². The fraction of sp³-hybridized carbons (Fsp3) is 0.438. The van der Waals surface area contributed by atoms with Crippen molar-refractivity contribution in [3.05, 3.63) is 47.0 Å². The topological polar surface area (TPSA) is 77.0 Å². The van der Waals surface area contributed by atoms with Gasteiger partial charge in [0.05, 0.1) is 12.0 Å². The molecular formula is C16H16F5N5O. The molecule has 146 valence electrons. The quantitative estimate of drug-likeness (QED) is 0.805. The number of amides is 1. The minimum Gasteiger partial charge on any atom is -0.333 e. The van der Waals surface area contributed by atoms with Gasteiger partial charge in [0.2, 0.25) is 11.7 Å². The third kappa shape index (κ3) is 4.24. The molecular weight excluding hydrogens is 373 g/mol. The van der Waals surface area contributed by atoms with Gasteiger partial charge in [-0.25, -0.2) is 8.78 Å². The molecule has 27 heavy (non-hydrogen) atoms. The summed E-state index contributed by atoms with van der Waals surface area (Å²) in [5.41, 5.74) is 5.69. The van der Waals surface area contributed by atoms with E-state index >= 15 is 0 Å². The average Bonchev–Trinajstić information content (AvgIpc) is 3.06. The molecule has 11 heteroatoms. The number of benzene rings is 1. The maximum absolute atomic E-state index is 13.8. The number of alkyl halides is 3. The van der Waals surface area contributed by atoms with Gasteiger partial charge in [-0.3, -0.25) is 4.79 Å². The van der Waals surface area contributed by atoms with Crippen LogP contribution in [0.5, 0.6) is 0 Å². The number of hydrogen-bond donors (Lipinski definition) is 1. The highest BCUT2D eigenvalue weighted by Gasteiger charge is 2.39. The number of nitrogens with zero attached hydrogens (tertiary/aromatic N) is 4. The lowest BCUT2D eigenvalue weighted by molar-refractivity contribution is -0.148. The highest BCUT2D eigenvalue weighted by atomic mass is 19.4. The zero-order valence-corrected chi connectivity index (χ0v) is 13.6. The Balaban J connectivity index is 1.85. The van der Waals surface area contributed by atoms with Crippen molar-refractivity contribution < 1.29 is 32.2 Å². The molecule has 1 aliphatic rings. The number of hydrogen-bond acceptors (Lipinski definition) is 4. The van der Waals surface area contributed by atoms with Crippen molar-refractivity contribution in [3.8, 4) is 0 Å². The number of halogens is 5. The summed E-state index contributed by atoms with van der Waals surface area (Å²) in [6.45, 7) is -7.37. The molecule has 1 aromatic carbocycles. The van der Waals surface area contributed by atoms with E-state index in [4.69, 9.17) is 11.2 Å². The number of nitrogens with two attached hydrogens (primary N) is 1. The Morgan fingerprint density at radius 1 is 1.30 bits per heavy atom. The van der Waals surface area contributed by atoms with Crippen molar-refractivity contribution in [3.63, 3.8) is 0 Å². The van der Waals surface area contributed by atoms with Crippen molar-refractivity contribution in [1.82, 2.24) is 19.7 Å². The Kier molecular flexibility index (Phi) is 3.87. The van der Waals surface area contributed by atoms with Crippen molar-refractivity contribution in [2.45, 2.75) is 38.1 Å². The van der Waals surface area contributed by atoms with Crippen LogP contribution in [0.25, 0.3) is 0 Å². The van der Waals surface area contributed by atoms with Crippen LogP contribution in [0.15, 0.2) is 18.2 Å². The van der Waals surface area contributed by atoms with Gasteiger partial charge in [0.15, 0.2) is 5.82 Å². The highest BCUT2D eigenvalue weighted by molar-refractivity contribution is 5.76. The molecule has 0 bridgehead atoms. The third-order valence-corrected chi connectivity index (χ3v) is 3.81. The molecule has 0 unspecified atom stereocenters. The van der Waals surface area contributed by atoms with E-state index in [1.54, 1.807) is 0 Å². The smallest absolute Gasteiger partial charge is 0.333 e. The summed E-state index contributed by atoms with van der Waals surface area (Å²) in [7, 11) is 0. The lowest BCUT2D eigenvalue weighted by atomic mass is 10.0. The first-order chi connectivity index (χ1) is 14.2. The minimum absolute atomic E-state index is 0.0150. The summed E-state index contributed by atoms with van der Waals surface area (Å²) >= 11 is 0. The largest absolute Gasteiger partial charge is 0.451 e. The second kappa shape index (κ2) is 7.22. The van der Waals surface area contributed by atoms with Crippen LogP contribution in [0, 0.1) is 11.6 Å². The Hall–Kier alpha value is -2.56. The lowest BCUT2D eigenvalue weighted by Crippen LogP contribution is -2.42. The van der Waals surface area contributed by atoms with Crippen LogP contribution >= 0.6 is 0 Å². The number of carbonyl (C=O) groups is 1. The monoisotopic (exact) mass is 393 g/mol. The summed E-state index contributed by atoms with van der Waals surface area (Å²) < 4.78 is 98.4. The normalized spacial score (nSPS) is 21.5. The molecule has 6 nitrogen and oxygen atoms in total. The number of rotatable bonds is 4. The number of aromatic nitrogens is 3. The Labute approximate surface area is 156 Å². The molecule has 0 aliphatic carbocycles. The maximum atomic E-state index is 13.8. The molecule has 0 spiro atoms. The van der Waals surface area contributed by atoms with E-state index in [2.05, 4.69) is 10.2 Å². The second-order valence-electron chi connectivity index (χ2n) is 5.88. The van der Waals surface area contributed by atoms with Crippen LogP contribution in [-0.4, -0.2) is 38.1 Å². The summed E-state index contributed by atoms with van der Waals surface area (Å²) in [4.78, 5) is 13.0. The van der Waals surface area contributed by atoms with E-state index in [1.807, 2.05) is 0 Å². The molecule has 0 saturated heterocycles. The molecule has 1 atom stereocenters. The van der Waals surface area contributed by atoms with E-state index < -0.39 is 67.4 Å². The number of fused-ring (bicyclic) bond motifs is 1. The van der Waals surface area contributed by atoms with Gasteiger partial charge in [-0.05, 0) is 30.2 Å². The first-order valence-electron chi connectivity index (χ1n) is 9.68. The summed E-state index contributed by atoms with van der Waals surface area (Å²) in [5.74, 6) is -4.87. The molecule has 2 heterocycles. The number of carbonyl (C=O) groups excluding carboxylic acids is 1. The van der Waals surface area contributed by atoms with Crippen molar-refractivity contribution >= 4 is 5.91 Å². The van der Waals surface area contributed by atoms with Crippen molar-refractivity contribution in [2.75, 3.05) is 6.50 Å². The predicted octanol–water partition coefficient (Wildman–Crippen LogP) is 1.88. The Morgan fingerprint density at radius 2 is 2.04 bits per heavy atom. The van der Waals surface area contributed by atoms with Gasteiger partial charge in [-0.2, -0.15) is 13.2 Å². The van der Waals surface area contributed by atoms with E-state index in [9.17, 15) is 26.7 Å². The average molecular weight is 393 g/mol.